The molecular weight excluding hydrogens is 324 g/mol. The molecule has 1 aromatic carbocycles. The Morgan fingerprint density at radius 2 is 2.12 bits per heavy atom. The number of phenolic OH excluding ortho intramolecular Hbond substituents is 1. The van der Waals surface area contributed by atoms with Crippen LogP contribution in [-0.2, 0) is 0 Å². The van der Waals surface area contributed by atoms with E-state index in [-0.39, 0.29) is 5.75 Å². The van der Waals surface area contributed by atoms with Crippen molar-refractivity contribution in [2.75, 3.05) is 13.1 Å². The van der Waals surface area contributed by atoms with Crippen LogP contribution in [-0.4, -0.2) is 28.7 Å². The summed E-state index contributed by atoms with van der Waals surface area (Å²) in [7, 11) is 0. The van der Waals surface area contributed by atoms with E-state index in [1.165, 1.54) is 24.8 Å². The van der Waals surface area contributed by atoms with Crippen LogP contribution in [0.1, 0.15) is 76.8 Å². The SMILES string of the molecule is CCCCCC(C)c1cc(O)c2c(c1)OC(C)(C)C1=C2CN(C#N)CC1. The van der Waals surface area contributed by atoms with Crippen molar-refractivity contribution in [3.05, 3.63) is 28.8 Å². The summed E-state index contributed by atoms with van der Waals surface area (Å²) in [4.78, 5) is 1.75. The quantitative estimate of drug-likeness (QED) is 0.584. The number of rotatable bonds is 5. The fraction of sp³-hybridized carbons (Fsp3) is 0.591. The Labute approximate surface area is 157 Å². The number of hydrogen-bond donors (Lipinski definition) is 1. The minimum Gasteiger partial charge on any atom is -0.507 e. The van der Waals surface area contributed by atoms with E-state index < -0.39 is 5.60 Å². The molecule has 1 unspecified atom stereocenters. The number of nitrogens with zero attached hydrogens (tertiary/aromatic N) is 2. The summed E-state index contributed by atoms with van der Waals surface area (Å²) in [6, 6.07) is 4.00. The van der Waals surface area contributed by atoms with E-state index in [0.717, 1.165) is 35.3 Å². The highest BCUT2D eigenvalue weighted by atomic mass is 16.5. The van der Waals surface area contributed by atoms with Gasteiger partial charge in [0, 0.05) is 6.54 Å². The van der Waals surface area contributed by atoms with Crippen LogP contribution < -0.4 is 4.74 Å². The third kappa shape index (κ3) is 3.40. The number of unbranched alkanes of at least 4 members (excludes halogenated alkanes) is 2. The lowest BCUT2D eigenvalue weighted by molar-refractivity contribution is 0.134. The van der Waals surface area contributed by atoms with Gasteiger partial charge in [-0.1, -0.05) is 33.1 Å². The maximum Gasteiger partial charge on any atom is 0.179 e. The van der Waals surface area contributed by atoms with Crippen molar-refractivity contribution in [3.8, 4) is 17.7 Å². The monoisotopic (exact) mass is 354 g/mol. The lowest BCUT2D eigenvalue weighted by atomic mass is 9.80. The molecule has 0 radical (unpaired) electrons. The Kier molecular flexibility index (Phi) is 5.18. The normalized spacial score (nSPS) is 19.3. The summed E-state index contributed by atoms with van der Waals surface area (Å²) in [5.74, 6) is 1.43. The fourth-order valence-corrected chi connectivity index (χ4v) is 4.24. The van der Waals surface area contributed by atoms with Gasteiger partial charge >= 0.3 is 0 Å². The summed E-state index contributed by atoms with van der Waals surface area (Å²) in [5.41, 5.74) is 3.77. The van der Waals surface area contributed by atoms with Gasteiger partial charge in [-0.3, -0.25) is 0 Å². The van der Waals surface area contributed by atoms with Gasteiger partial charge in [0.05, 0.1) is 12.1 Å². The van der Waals surface area contributed by atoms with Crippen molar-refractivity contribution in [2.45, 2.75) is 71.3 Å². The minimum atomic E-state index is -0.402. The Bertz CT molecular complexity index is 758. The van der Waals surface area contributed by atoms with Gasteiger partial charge in [-0.05, 0) is 61.4 Å². The summed E-state index contributed by atoms with van der Waals surface area (Å²) < 4.78 is 6.34. The van der Waals surface area contributed by atoms with Crippen LogP contribution in [0.5, 0.6) is 11.5 Å². The number of ether oxygens (including phenoxy) is 1. The molecule has 1 aromatic rings. The van der Waals surface area contributed by atoms with E-state index in [1.807, 2.05) is 6.07 Å². The molecule has 2 aliphatic rings. The molecule has 0 amide bonds. The van der Waals surface area contributed by atoms with Gasteiger partial charge in [0.25, 0.3) is 0 Å². The first kappa shape index (κ1) is 18.6. The van der Waals surface area contributed by atoms with Gasteiger partial charge in [0.1, 0.15) is 17.1 Å². The summed E-state index contributed by atoms with van der Waals surface area (Å²) in [5, 5.41) is 20.1. The lowest BCUT2D eigenvalue weighted by Crippen LogP contribution is -2.41. The van der Waals surface area contributed by atoms with Crippen LogP contribution in [0.2, 0.25) is 0 Å². The number of nitriles is 1. The zero-order valence-corrected chi connectivity index (χ0v) is 16.4. The molecule has 0 bridgehead atoms. The first-order valence-corrected chi connectivity index (χ1v) is 9.80. The Morgan fingerprint density at radius 1 is 1.35 bits per heavy atom. The van der Waals surface area contributed by atoms with Crippen molar-refractivity contribution in [1.82, 2.24) is 4.90 Å². The maximum atomic E-state index is 10.8. The second-order valence-electron chi connectivity index (χ2n) is 8.15. The van der Waals surface area contributed by atoms with Crippen molar-refractivity contribution in [1.29, 1.82) is 5.26 Å². The molecule has 1 atom stereocenters. The highest BCUT2D eigenvalue weighted by Crippen LogP contribution is 2.48. The standard InChI is InChI=1S/C22H30N2O2/c1-5-6-7-8-15(2)16-11-19(25)21-17-13-24(14-23)10-9-18(17)22(3,4)26-20(21)12-16/h11-12,15,25H,5-10,13H2,1-4H3. The number of fused-ring (bicyclic) bond motifs is 2. The van der Waals surface area contributed by atoms with E-state index in [2.05, 4.69) is 40.0 Å². The van der Waals surface area contributed by atoms with E-state index in [1.54, 1.807) is 4.90 Å². The zero-order chi connectivity index (χ0) is 18.9. The Morgan fingerprint density at radius 3 is 2.81 bits per heavy atom. The van der Waals surface area contributed by atoms with Gasteiger partial charge in [-0.25, -0.2) is 0 Å². The summed E-state index contributed by atoms with van der Waals surface area (Å²) in [6.45, 7) is 9.86. The molecule has 140 valence electrons. The topological polar surface area (TPSA) is 56.5 Å². The summed E-state index contributed by atoms with van der Waals surface area (Å²) >= 11 is 0. The smallest absolute Gasteiger partial charge is 0.179 e. The van der Waals surface area contributed by atoms with Gasteiger partial charge in [-0.2, -0.15) is 5.26 Å². The van der Waals surface area contributed by atoms with E-state index in [9.17, 15) is 10.4 Å². The average molecular weight is 354 g/mol. The van der Waals surface area contributed by atoms with E-state index in [0.29, 0.717) is 19.0 Å². The van der Waals surface area contributed by atoms with Gasteiger partial charge in [0.2, 0.25) is 0 Å². The molecular formula is C22H30N2O2. The fourth-order valence-electron chi connectivity index (χ4n) is 4.24. The van der Waals surface area contributed by atoms with Crippen molar-refractivity contribution in [3.63, 3.8) is 0 Å². The van der Waals surface area contributed by atoms with Crippen LogP contribution in [0.3, 0.4) is 0 Å². The van der Waals surface area contributed by atoms with Crippen LogP contribution >= 0.6 is 0 Å². The van der Waals surface area contributed by atoms with Crippen LogP contribution in [0, 0.1) is 11.5 Å². The molecule has 0 aromatic heterocycles. The third-order valence-corrected chi connectivity index (χ3v) is 5.79. The number of aromatic hydroxyl groups is 1. The largest absolute Gasteiger partial charge is 0.507 e. The van der Waals surface area contributed by atoms with E-state index in [4.69, 9.17) is 4.74 Å². The molecule has 4 nitrogen and oxygen atoms in total. The zero-order valence-electron chi connectivity index (χ0n) is 16.4. The van der Waals surface area contributed by atoms with Crippen LogP contribution in [0.15, 0.2) is 17.7 Å². The highest BCUT2D eigenvalue weighted by molar-refractivity contribution is 5.82. The molecule has 3 rings (SSSR count). The molecule has 0 saturated heterocycles. The van der Waals surface area contributed by atoms with Gasteiger partial charge < -0.3 is 14.7 Å². The van der Waals surface area contributed by atoms with Crippen LogP contribution in [0.25, 0.3) is 5.57 Å². The summed E-state index contributed by atoms with van der Waals surface area (Å²) in [6.07, 6.45) is 7.82. The second-order valence-corrected chi connectivity index (χ2v) is 8.15. The minimum absolute atomic E-state index is 0.280. The average Bonchev–Trinajstić information content (AvgIpc) is 2.60. The van der Waals surface area contributed by atoms with Gasteiger partial charge in [-0.15, -0.1) is 0 Å². The Balaban J connectivity index is 1.99. The first-order chi connectivity index (χ1) is 12.4. The van der Waals surface area contributed by atoms with Crippen molar-refractivity contribution in [2.24, 2.45) is 0 Å². The van der Waals surface area contributed by atoms with Crippen molar-refractivity contribution >= 4 is 5.57 Å². The van der Waals surface area contributed by atoms with E-state index >= 15 is 0 Å². The molecule has 0 saturated carbocycles. The van der Waals surface area contributed by atoms with Gasteiger partial charge in [0.15, 0.2) is 6.19 Å². The molecule has 0 spiro atoms. The first-order valence-electron chi connectivity index (χ1n) is 9.80. The predicted octanol–water partition coefficient (Wildman–Crippen LogP) is 5.19. The number of benzene rings is 1. The lowest BCUT2D eigenvalue weighted by Gasteiger charge is -2.41. The molecule has 2 aliphatic heterocycles. The van der Waals surface area contributed by atoms with Crippen molar-refractivity contribution < 1.29 is 9.84 Å². The number of hydrogen-bond acceptors (Lipinski definition) is 4. The highest BCUT2D eigenvalue weighted by Gasteiger charge is 2.39. The van der Waals surface area contributed by atoms with Crippen LogP contribution in [0.4, 0.5) is 0 Å². The Hall–Kier alpha value is -2.15. The molecule has 26 heavy (non-hydrogen) atoms. The molecule has 2 heterocycles. The molecule has 0 aliphatic carbocycles. The predicted molar refractivity (Wildman–Crippen MR) is 104 cm³/mol. The third-order valence-electron chi connectivity index (χ3n) is 5.79. The molecule has 1 N–H and O–H groups in total. The number of phenols is 1. The second kappa shape index (κ2) is 7.23. The maximum absolute atomic E-state index is 10.8. The molecule has 0 fully saturated rings. The molecule has 4 heteroatoms.